The maximum absolute atomic E-state index is 12.5. The van der Waals surface area contributed by atoms with E-state index in [0.29, 0.717) is 34.4 Å². The molecule has 7 heteroatoms. The molecule has 0 aliphatic carbocycles. The molecule has 0 bridgehead atoms. The monoisotopic (exact) mass is 400 g/mol. The van der Waals surface area contributed by atoms with Crippen molar-refractivity contribution in [2.45, 2.75) is 26.2 Å². The molecule has 0 unspecified atom stereocenters. The Balaban J connectivity index is 1.52. The third kappa shape index (κ3) is 4.87. The van der Waals surface area contributed by atoms with E-state index in [1.165, 1.54) is 11.8 Å². The topological polar surface area (TPSA) is 62.6 Å². The van der Waals surface area contributed by atoms with E-state index < -0.39 is 0 Å². The quantitative estimate of drug-likeness (QED) is 0.549. The molecule has 0 atom stereocenters. The Labute approximate surface area is 167 Å². The summed E-state index contributed by atoms with van der Waals surface area (Å²) in [4.78, 5) is 26.8. The lowest BCUT2D eigenvalue weighted by Gasteiger charge is -2.14. The Morgan fingerprint density at radius 2 is 2.11 bits per heavy atom. The van der Waals surface area contributed by atoms with Gasteiger partial charge in [-0.05, 0) is 36.6 Å². The molecule has 1 saturated heterocycles. The molecule has 1 aromatic heterocycles. The minimum Gasteiger partial charge on any atom is -0.465 e. The fourth-order valence-electron chi connectivity index (χ4n) is 2.76. The predicted molar refractivity (Wildman–Crippen MR) is 112 cm³/mol. The Bertz CT molecular complexity index is 875. The summed E-state index contributed by atoms with van der Waals surface area (Å²) in [5.41, 5.74) is 1.95. The minimum atomic E-state index is -0.141. The van der Waals surface area contributed by atoms with Gasteiger partial charge >= 0.3 is 0 Å². The van der Waals surface area contributed by atoms with E-state index in [2.05, 4.69) is 12.2 Å². The van der Waals surface area contributed by atoms with Crippen LogP contribution in [0.15, 0.2) is 52.0 Å². The van der Waals surface area contributed by atoms with Crippen LogP contribution < -0.4 is 5.32 Å². The summed E-state index contributed by atoms with van der Waals surface area (Å²) >= 11 is 6.56. The maximum Gasteiger partial charge on any atom is 0.266 e. The largest absolute Gasteiger partial charge is 0.465 e. The molecule has 27 heavy (non-hydrogen) atoms. The van der Waals surface area contributed by atoms with Gasteiger partial charge in [0.15, 0.2) is 0 Å². The van der Waals surface area contributed by atoms with Crippen molar-refractivity contribution in [3.63, 3.8) is 0 Å². The fraction of sp³-hybridized carbons (Fsp3) is 0.250. The molecule has 0 saturated carbocycles. The van der Waals surface area contributed by atoms with Crippen LogP contribution in [-0.4, -0.2) is 27.6 Å². The van der Waals surface area contributed by atoms with E-state index in [4.69, 9.17) is 16.6 Å². The third-order valence-electron chi connectivity index (χ3n) is 4.15. The number of hydrogen-bond donors (Lipinski definition) is 1. The van der Waals surface area contributed by atoms with Gasteiger partial charge in [-0.1, -0.05) is 49.1 Å². The Hall–Kier alpha value is -2.38. The lowest BCUT2D eigenvalue weighted by molar-refractivity contribution is -0.122. The van der Waals surface area contributed by atoms with Crippen LogP contribution in [0, 0.1) is 0 Å². The number of thioether (sulfide) groups is 1. The number of amides is 2. The first kappa shape index (κ1) is 19.4. The molecule has 1 fully saturated rings. The molecule has 0 radical (unpaired) electrons. The van der Waals surface area contributed by atoms with E-state index in [-0.39, 0.29) is 11.8 Å². The number of nitrogens with zero attached hydrogens (tertiary/aromatic N) is 1. The minimum absolute atomic E-state index is 0.0625. The zero-order chi connectivity index (χ0) is 19.2. The summed E-state index contributed by atoms with van der Waals surface area (Å²) in [5.74, 6) is 0.412. The van der Waals surface area contributed by atoms with Crippen LogP contribution in [0.5, 0.6) is 0 Å². The number of benzene rings is 1. The van der Waals surface area contributed by atoms with E-state index in [1.54, 1.807) is 29.4 Å². The van der Waals surface area contributed by atoms with Gasteiger partial charge in [0, 0.05) is 24.7 Å². The number of carbonyl (C=O) groups is 2. The number of anilines is 1. The highest BCUT2D eigenvalue weighted by Crippen LogP contribution is 2.32. The molecule has 2 aromatic rings. The van der Waals surface area contributed by atoms with Crippen LogP contribution >= 0.6 is 24.0 Å². The Kier molecular flexibility index (Phi) is 6.47. The van der Waals surface area contributed by atoms with Gasteiger partial charge in [-0.25, -0.2) is 0 Å². The normalized spacial score (nSPS) is 15.6. The van der Waals surface area contributed by atoms with Crippen LogP contribution in [0.2, 0.25) is 0 Å². The first-order chi connectivity index (χ1) is 13.1. The van der Waals surface area contributed by atoms with Gasteiger partial charge in [-0.15, -0.1) is 0 Å². The van der Waals surface area contributed by atoms with Crippen molar-refractivity contribution in [1.82, 2.24) is 4.90 Å². The first-order valence-corrected chi connectivity index (χ1v) is 9.97. The Morgan fingerprint density at radius 3 is 2.85 bits per heavy atom. The highest BCUT2D eigenvalue weighted by molar-refractivity contribution is 8.26. The summed E-state index contributed by atoms with van der Waals surface area (Å²) in [7, 11) is 0. The number of aryl methyl sites for hydroxylation is 1. The van der Waals surface area contributed by atoms with Crippen molar-refractivity contribution < 1.29 is 14.0 Å². The van der Waals surface area contributed by atoms with Gasteiger partial charge in [0.1, 0.15) is 10.1 Å². The SMILES string of the molecule is CCc1ccccc1NC(=O)CCCN1C(=O)/C(=C\c2ccco2)SC1=S. The molecule has 2 heterocycles. The standard InChI is InChI=1S/C20H20N2O3S2/c1-2-14-7-3-4-9-16(14)21-18(23)10-5-11-22-19(24)17(27-20(22)26)13-15-8-6-12-25-15/h3-4,6-9,12-13H,2,5,10-11H2,1H3,(H,21,23)/b17-13+. The second-order valence-electron chi connectivity index (χ2n) is 6.01. The van der Waals surface area contributed by atoms with Crippen LogP contribution in [-0.2, 0) is 16.0 Å². The molecule has 2 amide bonds. The highest BCUT2D eigenvalue weighted by Gasteiger charge is 2.31. The van der Waals surface area contributed by atoms with Crippen LogP contribution in [0.4, 0.5) is 5.69 Å². The van der Waals surface area contributed by atoms with E-state index in [1.807, 2.05) is 24.3 Å². The average Bonchev–Trinajstić information content (AvgIpc) is 3.26. The Morgan fingerprint density at radius 1 is 1.30 bits per heavy atom. The number of hydrogen-bond acceptors (Lipinski definition) is 5. The third-order valence-corrected chi connectivity index (χ3v) is 5.53. The first-order valence-electron chi connectivity index (χ1n) is 8.75. The van der Waals surface area contributed by atoms with Crippen molar-refractivity contribution >= 4 is 51.9 Å². The van der Waals surface area contributed by atoms with E-state index >= 15 is 0 Å². The summed E-state index contributed by atoms with van der Waals surface area (Å²) in [6.45, 7) is 2.47. The predicted octanol–water partition coefficient (Wildman–Crippen LogP) is 4.46. The second kappa shape index (κ2) is 9.01. The van der Waals surface area contributed by atoms with Gasteiger partial charge in [0.25, 0.3) is 5.91 Å². The van der Waals surface area contributed by atoms with Gasteiger partial charge in [0.05, 0.1) is 11.2 Å². The number of nitrogens with one attached hydrogen (secondary N) is 1. The van der Waals surface area contributed by atoms with E-state index in [0.717, 1.165) is 17.7 Å². The summed E-state index contributed by atoms with van der Waals surface area (Å²) < 4.78 is 5.75. The van der Waals surface area contributed by atoms with Crippen LogP contribution in [0.25, 0.3) is 6.08 Å². The average molecular weight is 401 g/mol. The molecular formula is C20H20N2O3S2. The number of furan rings is 1. The maximum atomic E-state index is 12.5. The zero-order valence-electron chi connectivity index (χ0n) is 14.9. The second-order valence-corrected chi connectivity index (χ2v) is 7.69. The highest BCUT2D eigenvalue weighted by atomic mass is 32.2. The molecule has 0 spiro atoms. The summed E-state index contributed by atoms with van der Waals surface area (Å²) in [6, 6.07) is 11.3. The van der Waals surface area contributed by atoms with Crippen LogP contribution in [0.3, 0.4) is 0 Å². The number of thiocarbonyl (C=S) groups is 1. The summed E-state index contributed by atoms with van der Waals surface area (Å²) in [6.07, 6.45) is 4.97. The fourth-order valence-corrected chi connectivity index (χ4v) is 4.04. The van der Waals surface area contributed by atoms with Crippen molar-refractivity contribution in [2.75, 3.05) is 11.9 Å². The zero-order valence-corrected chi connectivity index (χ0v) is 16.6. The summed E-state index contributed by atoms with van der Waals surface area (Å²) in [5, 5.41) is 2.94. The molecular weight excluding hydrogens is 380 g/mol. The molecule has 5 nitrogen and oxygen atoms in total. The van der Waals surface area contributed by atoms with Crippen molar-refractivity contribution in [1.29, 1.82) is 0 Å². The molecule has 140 valence electrons. The number of para-hydroxylation sites is 1. The van der Waals surface area contributed by atoms with Crippen molar-refractivity contribution in [2.24, 2.45) is 0 Å². The molecule has 1 N–H and O–H groups in total. The van der Waals surface area contributed by atoms with Crippen molar-refractivity contribution in [3.8, 4) is 0 Å². The van der Waals surface area contributed by atoms with Crippen LogP contribution in [0.1, 0.15) is 31.1 Å². The van der Waals surface area contributed by atoms with Gasteiger partial charge in [-0.2, -0.15) is 0 Å². The number of carbonyl (C=O) groups excluding carboxylic acids is 2. The van der Waals surface area contributed by atoms with Gasteiger partial charge in [-0.3, -0.25) is 14.5 Å². The smallest absolute Gasteiger partial charge is 0.266 e. The van der Waals surface area contributed by atoms with Crippen molar-refractivity contribution in [3.05, 3.63) is 58.9 Å². The number of rotatable bonds is 7. The lowest BCUT2D eigenvalue weighted by Crippen LogP contribution is -2.29. The van der Waals surface area contributed by atoms with Gasteiger partial charge < -0.3 is 9.73 Å². The molecule has 1 aromatic carbocycles. The van der Waals surface area contributed by atoms with Gasteiger partial charge in [0.2, 0.25) is 5.91 Å². The molecule has 1 aliphatic heterocycles. The lowest BCUT2D eigenvalue weighted by atomic mass is 10.1. The molecule has 1 aliphatic rings. The van der Waals surface area contributed by atoms with E-state index in [9.17, 15) is 9.59 Å². The molecule has 3 rings (SSSR count).